The summed E-state index contributed by atoms with van der Waals surface area (Å²) in [5, 5.41) is 1.11. The third-order valence-electron chi connectivity index (χ3n) is 1.99. The van der Waals surface area contributed by atoms with Crippen LogP contribution in [-0.2, 0) is 0 Å². The summed E-state index contributed by atoms with van der Waals surface area (Å²) in [7, 11) is 1.65. The molecule has 0 aliphatic rings. The van der Waals surface area contributed by atoms with Crippen LogP contribution in [0.25, 0.3) is 10.9 Å². The molecule has 2 rings (SSSR count). The molecule has 1 N–H and O–H groups in total. The van der Waals surface area contributed by atoms with Gasteiger partial charge in [0.1, 0.15) is 5.75 Å². The van der Waals surface area contributed by atoms with Crippen molar-refractivity contribution in [2.24, 2.45) is 0 Å². The molecule has 2 heteroatoms. The highest BCUT2D eigenvalue weighted by atomic mass is 16.5. The van der Waals surface area contributed by atoms with Crippen molar-refractivity contribution in [1.82, 2.24) is 4.98 Å². The van der Waals surface area contributed by atoms with Crippen LogP contribution in [-0.4, -0.2) is 12.1 Å². The van der Waals surface area contributed by atoms with Crippen molar-refractivity contribution >= 4 is 10.9 Å². The van der Waals surface area contributed by atoms with Crippen LogP contribution >= 0.6 is 0 Å². The zero-order valence-electron chi connectivity index (χ0n) is 7.29. The van der Waals surface area contributed by atoms with Gasteiger partial charge in [-0.2, -0.15) is 0 Å². The molecule has 0 bridgehead atoms. The lowest BCUT2D eigenvalue weighted by molar-refractivity contribution is 0.415. The molecular weight excluding hydrogens is 162 g/mol. The number of H-pyrrole nitrogens is 1. The molecule has 0 atom stereocenters. The van der Waals surface area contributed by atoms with Crippen LogP contribution in [0.15, 0.2) is 24.3 Å². The van der Waals surface area contributed by atoms with Crippen molar-refractivity contribution in [3.8, 4) is 18.1 Å². The van der Waals surface area contributed by atoms with Crippen molar-refractivity contribution in [2.45, 2.75) is 0 Å². The van der Waals surface area contributed by atoms with Crippen molar-refractivity contribution in [3.05, 3.63) is 30.0 Å². The largest absolute Gasteiger partial charge is 0.497 e. The molecule has 64 valence electrons. The molecule has 1 aromatic heterocycles. The Kier molecular flexibility index (Phi) is 1.71. The normalized spacial score (nSPS) is 9.85. The number of benzene rings is 1. The number of rotatable bonds is 1. The van der Waals surface area contributed by atoms with Crippen molar-refractivity contribution in [1.29, 1.82) is 0 Å². The molecule has 0 unspecified atom stereocenters. The molecule has 0 amide bonds. The first-order chi connectivity index (χ1) is 6.33. The van der Waals surface area contributed by atoms with Gasteiger partial charge in [-0.1, -0.05) is 5.92 Å². The zero-order chi connectivity index (χ0) is 9.26. The topological polar surface area (TPSA) is 25.0 Å². The number of aromatic nitrogens is 1. The molecule has 2 nitrogen and oxygen atoms in total. The fourth-order valence-corrected chi connectivity index (χ4v) is 1.31. The van der Waals surface area contributed by atoms with Crippen LogP contribution < -0.4 is 4.74 Å². The van der Waals surface area contributed by atoms with Crippen LogP contribution in [0.3, 0.4) is 0 Å². The highest BCUT2D eigenvalue weighted by Crippen LogP contribution is 2.20. The summed E-state index contributed by atoms with van der Waals surface area (Å²) < 4.78 is 5.09. The third-order valence-corrected chi connectivity index (χ3v) is 1.99. The molecule has 0 saturated heterocycles. The summed E-state index contributed by atoms with van der Waals surface area (Å²) >= 11 is 0. The van der Waals surface area contributed by atoms with Gasteiger partial charge < -0.3 is 9.72 Å². The second-order valence-electron chi connectivity index (χ2n) is 2.78. The average Bonchev–Trinajstić information content (AvgIpc) is 2.58. The first-order valence-electron chi connectivity index (χ1n) is 3.97. The smallest absolute Gasteiger partial charge is 0.120 e. The molecule has 0 aliphatic carbocycles. The van der Waals surface area contributed by atoms with E-state index in [4.69, 9.17) is 11.2 Å². The Morgan fingerprint density at radius 2 is 2.23 bits per heavy atom. The van der Waals surface area contributed by atoms with Gasteiger partial charge in [-0.15, -0.1) is 6.42 Å². The Bertz CT molecular complexity index is 476. The lowest BCUT2D eigenvalue weighted by Gasteiger charge is -1.97. The van der Waals surface area contributed by atoms with Crippen molar-refractivity contribution < 1.29 is 4.74 Å². The minimum Gasteiger partial charge on any atom is -0.497 e. The quantitative estimate of drug-likeness (QED) is 0.653. The number of nitrogens with one attached hydrogen (secondary N) is 1. The highest BCUT2D eigenvalue weighted by molar-refractivity contribution is 5.82. The fraction of sp³-hybridized carbons (Fsp3) is 0.0909. The zero-order valence-corrected chi connectivity index (χ0v) is 7.29. The summed E-state index contributed by atoms with van der Waals surface area (Å²) in [5.74, 6) is 3.39. The Morgan fingerprint density at radius 1 is 1.38 bits per heavy atom. The van der Waals surface area contributed by atoms with Crippen LogP contribution in [0, 0.1) is 12.3 Å². The molecular formula is C11H9NO. The van der Waals surface area contributed by atoms with Gasteiger partial charge in [0, 0.05) is 11.5 Å². The second kappa shape index (κ2) is 2.87. The van der Waals surface area contributed by atoms with E-state index in [1.165, 1.54) is 0 Å². The van der Waals surface area contributed by atoms with E-state index in [1.54, 1.807) is 7.11 Å². The Morgan fingerprint density at radius 3 is 2.92 bits per heavy atom. The van der Waals surface area contributed by atoms with Gasteiger partial charge in [0.2, 0.25) is 0 Å². The van der Waals surface area contributed by atoms with Gasteiger partial charge in [-0.05, 0) is 18.2 Å². The average molecular weight is 171 g/mol. The predicted octanol–water partition coefficient (Wildman–Crippen LogP) is 2.16. The molecule has 0 aliphatic heterocycles. The summed E-state index contributed by atoms with van der Waals surface area (Å²) in [6.45, 7) is 0. The number of ether oxygens (including phenoxy) is 1. The second-order valence-corrected chi connectivity index (χ2v) is 2.78. The van der Waals surface area contributed by atoms with E-state index in [1.807, 2.05) is 24.3 Å². The van der Waals surface area contributed by atoms with Crippen LogP contribution in [0.5, 0.6) is 5.75 Å². The third kappa shape index (κ3) is 1.25. The van der Waals surface area contributed by atoms with Crippen LogP contribution in [0.2, 0.25) is 0 Å². The fourth-order valence-electron chi connectivity index (χ4n) is 1.31. The van der Waals surface area contributed by atoms with Gasteiger partial charge >= 0.3 is 0 Å². The summed E-state index contributed by atoms with van der Waals surface area (Å²) in [6, 6.07) is 7.76. The monoisotopic (exact) mass is 171 g/mol. The van der Waals surface area contributed by atoms with E-state index < -0.39 is 0 Å². The van der Waals surface area contributed by atoms with E-state index in [-0.39, 0.29) is 0 Å². The Hall–Kier alpha value is -1.88. The van der Waals surface area contributed by atoms with Crippen LogP contribution in [0.1, 0.15) is 5.69 Å². The van der Waals surface area contributed by atoms with Gasteiger partial charge in [-0.3, -0.25) is 0 Å². The summed E-state index contributed by atoms with van der Waals surface area (Å²) in [4.78, 5) is 3.10. The number of terminal acetylenes is 1. The maximum absolute atomic E-state index is 5.27. The van der Waals surface area contributed by atoms with Crippen molar-refractivity contribution in [2.75, 3.05) is 7.11 Å². The minimum atomic E-state index is 0.795. The Balaban J connectivity index is 2.65. The molecule has 1 heterocycles. The first-order valence-corrected chi connectivity index (χ1v) is 3.97. The van der Waals surface area contributed by atoms with Gasteiger partial charge in [0.15, 0.2) is 0 Å². The maximum Gasteiger partial charge on any atom is 0.120 e. The Labute approximate surface area is 76.5 Å². The molecule has 0 saturated carbocycles. The molecule has 2 aromatic rings. The number of methoxy groups -OCH3 is 1. The molecule has 0 fully saturated rings. The predicted molar refractivity (Wildman–Crippen MR) is 52.8 cm³/mol. The van der Waals surface area contributed by atoms with E-state index in [0.717, 1.165) is 22.3 Å². The summed E-state index contributed by atoms with van der Waals surface area (Å²) in [6.07, 6.45) is 5.27. The SMILES string of the molecule is C#Cc1cc2ccc(OC)cc2[nH]1. The number of hydrogen-bond donors (Lipinski definition) is 1. The van der Waals surface area contributed by atoms with E-state index in [0.29, 0.717) is 0 Å². The molecule has 0 spiro atoms. The standard InChI is InChI=1S/C11H9NO/c1-3-9-6-8-4-5-10(13-2)7-11(8)12-9/h1,4-7,12H,2H3. The summed E-state index contributed by atoms with van der Waals surface area (Å²) in [5.41, 5.74) is 1.80. The number of hydrogen-bond acceptors (Lipinski definition) is 1. The molecule has 13 heavy (non-hydrogen) atoms. The maximum atomic E-state index is 5.27. The van der Waals surface area contributed by atoms with Gasteiger partial charge in [-0.25, -0.2) is 0 Å². The van der Waals surface area contributed by atoms with E-state index in [9.17, 15) is 0 Å². The van der Waals surface area contributed by atoms with Crippen molar-refractivity contribution in [3.63, 3.8) is 0 Å². The number of fused-ring (bicyclic) bond motifs is 1. The lowest BCUT2D eigenvalue weighted by Crippen LogP contribution is -1.80. The van der Waals surface area contributed by atoms with Gasteiger partial charge in [0.25, 0.3) is 0 Å². The van der Waals surface area contributed by atoms with E-state index in [2.05, 4.69) is 10.9 Å². The number of aromatic amines is 1. The van der Waals surface area contributed by atoms with Crippen LogP contribution in [0.4, 0.5) is 0 Å². The molecule has 1 aromatic carbocycles. The van der Waals surface area contributed by atoms with Gasteiger partial charge in [0.05, 0.1) is 18.3 Å². The minimum absolute atomic E-state index is 0.795. The highest BCUT2D eigenvalue weighted by Gasteiger charge is 1.99. The van der Waals surface area contributed by atoms with E-state index >= 15 is 0 Å². The lowest BCUT2D eigenvalue weighted by atomic mass is 10.2. The molecule has 0 radical (unpaired) electrons. The first kappa shape index (κ1) is 7.75.